The molecule has 2 heteroatoms. The fourth-order valence-electron chi connectivity index (χ4n) is 1.58. The summed E-state index contributed by atoms with van der Waals surface area (Å²) in [5.41, 5.74) is 2.31. The Balaban J connectivity index is 2.71. The topological polar surface area (TPSA) is 25.2 Å². The second-order valence-electron chi connectivity index (χ2n) is 3.42. The molecule has 1 heterocycles. The Bertz CT molecular complexity index is 429. The first-order valence-corrected chi connectivity index (χ1v) is 4.44. The van der Waals surface area contributed by atoms with Gasteiger partial charge in [0.25, 0.3) is 0 Å². The van der Waals surface area contributed by atoms with Gasteiger partial charge in [-0.25, -0.2) is 0 Å². The van der Waals surface area contributed by atoms with E-state index in [1.807, 2.05) is 16.8 Å². The van der Waals surface area contributed by atoms with Crippen LogP contribution in [0.25, 0.3) is 10.9 Å². The second kappa shape index (κ2) is 2.89. The lowest BCUT2D eigenvalue weighted by Gasteiger charge is -2.08. The number of hydrogen-bond acceptors (Lipinski definition) is 1. The van der Waals surface area contributed by atoms with Gasteiger partial charge in [0.05, 0.1) is 5.52 Å². The second-order valence-corrected chi connectivity index (χ2v) is 3.42. The molecule has 0 saturated heterocycles. The summed E-state index contributed by atoms with van der Waals surface area (Å²) in [7, 11) is 0. The first kappa shape index (κ1) is 8.32. The number of aryl methyl sites for hydroxylation is 1. The quantitative estimate of drug-likeness (QED) is 0.707. The van der Waals surface area contributed by atoms with Crippen molar-refractivity contribution in [3.05, 3.63) is 36.0 Å². The van der Waals surface area contributed by atoms with Crippen molar-refractivity contribution in [2.45, 2.75) is 20.1 Å². The Morgan fingerprint density at radius 2 is 2.08 bits per heavy atom. The van der Waals surface area contributed by atoms with Crippen LogP contribution in [0, 0.1) is 6.92 Å². The summed E-state index contributed by atoms with van der Waals surface area (Å²) < 4.78 is 1.86. The number of fused-ring (bicyclic) bond motifs is 1. The summed E-state index contributed by atoms with van der Waals surface area (Å²) in [6.45, 7) is 3.82. The fourth-order valence-corrected chi connectivity index (χ4v) is 1.58. The summed E-state index contributed by atoms with van der Waals surface area (Å²) in [6, 6.07) is 8.25. The van der Waals surface area contributed by atoms with Gasteiger partial charge in [-0.2, -0.15) is 0 Å². The predicted molar refractivity (Wildman–Crippen MR) is 53.6 cm³/mol. The van der Waals surface area contributed by atoms with Crippen LogP contribution >= 0.6 is 0 Å². The maximum atomic E-state index is 9.46. The fraction of sp³-hybridized carbons (Fsp3) is 0.273. The van der Waals surface area contributed by atoms with Gasteiger partial charge in [-0.15, -0.1) is 0 Å². The van der Waals surface area contributed by atoms with Crippen LogP contribution in [-0.4, -0.2) is 9.67 Å². The highest BCUT2D eigenvalue weighted by atomic mass is 16.3. The predicted octanol–water partition coefficient (Wildman–Crippen LogP) is 2.46. The number of hydrogen-bond donors (Lipinski definition) is 1. The zero-order valence-electron chi connectivity index (χ0n) is 7.86. The molecule has 0 aliphatic carbocycles. The smallest absolute Gasteiger partial charge is 0.127 e. The summed E-state index contributed by atoms with van der Waals surface area (Å²) in [6.07, 6.45) is 1.45. The van der Waals surface area contributed by atoms with E-state index in [4.69, 9.17) is 0 Å². The minimum atomic E-state index is -0.459. The zero-order chi connectivity index (χ0) is 9.42. The number of aliphatic hydroxyl groups is 1. The van der Waals surface area contributed by atoms with Crippen LogP contribution < -0.4 is 0 Å². The summed E-state index contributed by atoms with van der Waals surface area (Å²) >= 11 is 0. The molecule has 2 nitrogen and oxygen atoms in total. The lowest BCUT2D eigenvalue weighted by atomic mass is 10.2. The SMILES string of the molecule is Cc1ccc2ccn(C(C)O)c2c1. The molecule has 1 N–H and O–H groups in total. The average Bonchev–Trinajstić information content (AvgIpc) is 2.46. The van der Waals surface area contributed by atoms with E-state index in [1.54, 1.807) is 6.92 Å². The molecular formula is C11H13NO. The van der Waals surface area contributed by atoms with Gasteiger partial charge in [-0.1, -0.05) is 12.1 Å². The highest BCUT2D eigenvalue weighted by Gasteiger charge is 2.03. The molecule has 1 atom stereocenters. The molecule has 0 amide bonds. The highest BCUT2D eigenvalue weighted by Crippen LogP contribution is 2.19. The standard InChI is InChI=1S/C11H13NO/c1-8-3-4-10-5-6-12(9(2)13)11(10)7-8/h3-7,9,13H,1-2H3. The lowest BCUT2D eigenvalue weighted by molar-refractivity contribution is 0.129. The van der Waals surface area contributed by atoms with E-state index in [2.05, 4.69) is 25.1 Å². The molecule has 0 saturated carbocycles. The molecule has 68 valence electrons. The first-order chi connectivity index (χ1) is 6.18. The summed E-state index contributed by atoms with van der Waals surface area (Å²) in [5.74, 6) is 0. The number of rotatable bonds is 1. The Morgan fingerprint density at radius 3 is 2.77 bits per heavy atom. The van der Waals surface area contributed by atoms with Gasteiger partial charge in [-0.3, -0.25) is 0 Å². The van der Waals surface area contributed by atoms with Gasteiger partial charge >= 0.3 is 0 Å². The average molecular weight is 175 g/mol. The van der Waals surface area contributed by atoms with Gasteiger partial charge in [0, 0.05) is 6.20 Å². The van der Waals surface area contributed by atoms with Crippen LogP contribution in [-0.2, 0) is 0 Å². The molecule has 2 aromatic rings. The van der Waals surface area contributed by atoms with Crippen molar-refractivity contribution in [3.8, 4) is 0 Å². The lowest BCUT2D eigenvalue weighted by Crippen LogP contribution is -2.01. The molecule has 0 fully saturated rings. The third-order valence-corrected chi connectivity index (χ3v) is 2.28. The molecule has 0 aliphatic heterocycles. The summed E-state index contributed by atoms with van der Waals surface area (Å²) in [5, 5.41) is 10.6. The molecule has 1 aromatic heterocycles. The Hall–Kier alpha value is -1.28. The van der Waals surface area contributed by atoms with Crippen molar-refractivity contribution in [1.82, 2.24) is 4.57 Å². The van der Waals surface area contributed by atoms with Gasteiger partial charge in [0.1, 0.15) is 6.23 Å². The third-order valence-electron chi connectivity index (χ3n) is 2.28. The Labute approximate surface area is 77.4 Å². The van der Waals surface area contributed by atoms with Gasteiger partial charge in [0.15, 0.2) is 0 Å². The van der Waals surface area contributed by atoms with E-state index in [-0.39, 0.29) is 0 Å². The van der Waals surface area contributed by atoms with E-state index in [9.17, 15) is 5.11 Å². The van der Waals surface area contributed by atoms with Gasteiger partial charge in [-0.05, 0) is 36.9 Å². The van der Waals surface area contributed by atoms with E-state index in [0.717, 1.165) is 5.52 Å². The van der Waals surface area contributed by atoms with Crippen LogP contribution in [0.4, 0.5) is 0 Å². The van der Waals surface area contributed by atoms with Crippen molar-refractivity contribution in [2.75, 3.05) is 0 Å². The normalized spacial score (nSPS) is 13.5. The number of nitrogens with zero attached hydrogens (tertiary/aromatic N) is 1. The molecule has 0 bridgehead atoms. The Morgan fingerprint density at radius 1 is 1.31 bits per heavy atom. The Kier molecular flexibility index (Phi) is 1.85. The van der Waals surface area contributed by atoms with Crippen LogP contribution in [0.2, 0.25) is 0 Å². The maximum Gasteiger partial charge on any atom is 0.127 e. The van der Waals surface area contributed by atoms with Crippen molar-refractivity contribution >= 4 is 10.9 Å². The minimum absolute atomic E-state index is 0.459. The van der Waals surface area contributed by atoms with Crippen molar-refractivity contribution in [1.29, 1.82) is 0 Å². The van der Waals surface area contributed by atoms with E-state index < -0.39 is 6.23 Å². The summed E-state index contributed by atoms with van der Waals surface area (Å²) in [4.78, 5) is 0. The highest BCUT2D eigenvalue weighted by molar-refractivity contribution is 5.80. The van der Waals surface area contributed by atoms with Crippen LogP contribution in [0.5, 0.6) is 0 Å². The molecule has 1 unspecified atom stereocenters. The molecule has 2 rings (SSSR count). The third kappa shape index (κ3) is 1.33. The monoisotopic (exact) mass is 175 g/mol. The van der Waals surface area contributed by atoms with Crippen LogP contribution in [0.15, 0.2) is 30.5 Å². The molecular weight excluding hydrogens is 162 g/mol. The maximum absolute atomic E-state index is 9.46. The number of aliphatic hydroxyl groups excluding tert-OH is 1. The first-order valence-electron chi connectivity index (χ1n) is 4.44. The van der Waals surface area contributed by atoms with E-state index >= 15 is 0 Å². The van der Waals surface area contributed by atoms with Gasteiger partial charge in [0.2, 0.25) is 0 Å². The molecule has 0 aliphatic rings. The zero-order valence-corrected chi connectivity index (χ0v) is 7.86. The molecule has 0 spiro atoms. The molecule has 13 heavy (non-hydrogen) atoms. The van der Waals surface area contributed by atoms with E-state index in [1.165, 1.54) is 10.9 Å². The molecule has 0 radical (unpaired) electrons. The number of benzene rings is 1. The molecule has 1 aromatic carbocycles. The van der Waals surface area contributed by atoms with Gasteiger partial charge < -0.3 is 9.67 Å². The van der Waals surface area contributed by atoms with Crippen LogP contribution in [0.3, 0.4) is 0 Å². The number of aromatic nitrogens is 1. The van der Waals surface area contributed by atoms with Crippen molar-refractivity contribution in [2.24, 2.45) is 0 Å². The van der Waals surface area contributed by atoms with E-state index in [0.29, 0.717) is 0 Å². The minimum Gasteiger partial charge on any atom is -0.374 e. The van der Waals surface area contributed by atoms with Crippen LogP contribution in [0.1, 0.15) is 18.7 Å². The van der Waals surface area contributed by atoms with Crippen molar-refractivity contribution in [3.63, 3.8) is 0 Å². The largest absolute Gasteiger partial charge is 0.374 e. The van der Waals surface area contributed by atoms with Crippen molar-refractivity contribution < 1.29 is 5.11 Å².